The number of nitrogens with zero attached hydrogens (tertiary/aromatic N) is 2. The number of aryl methyl sites for hydroxylation is 2. The number of allylic oxidation sites excluding steroid dienone is 1. The van der Waals surface area contributed by atoms with E-state index in [0.717, 1.165) is 22.7 Å². The van der Waals surface area contributed by atoms with Crippen molar-refractivity contribution >= 4 is 29.0 Å². The summed E-state index contributed by atoms with van der Waals surface area (Å²) < 4.78 is 0. The maximum Gasteiger partial charge on any atom is 0.160 e. The smallest absolute Gasteiger partial charge is 0.160 e. The van der Waals surface area contributed by atoms with Crippen LogP contribution in [0.5, 0.6) is 0 Å². The summed E-state index contributed by atoms with van der Waals surface area (Å²) in [5, 5.41) is 0.555. The van der Waals surface area contributed by atoms with Crippen LogP contribution in [0.3, 0.4) is 0 Å². The zero-order valence-corrected chi connectivity index (χ0v) is 18.0. The second kappa shape index (κ2) is 11.8. The van der Waals surface area contributed by atoms with E-state index in [1.54, 1.807) is 18.3 Å². The third-order valence-corrected chi connectivity index (χ3v) is 5.37. The van der Waals surface area contributed by atoms with Gasteiger partial charge in [0.1, 0.15) is 5.82 Å². The Kier molecular flexibility index (Phi) is 10.2. The van der Waals surface area contributed by atoms with Gasteiger partial charge in [-0.15, -0.1) is 0 Å². The maximum absolute atomic E-state index is 11.9. The van der Waals surface area contributed by atoms with E-state index in [1.165, 1.54) is 32.6 Å². The molecule has 0 spiro atoms. The molecule has 1 aromatic carbocycles. The number of benzene rings is 1. The van der Waals surface area contributed by atoms with Crippen molar-refractivity contribution in [3.63, 3.8) is 0 Å². The van der Waals surface area contributed by atoms with Gasteiger partial charge in [-0.05, 0) is 64.5 Å². The minimum absolute atomic E-state index is 0. The molecule has 1 fully saturated rings. The summed E-state index contributed by atoms with van der Waals surface area (Å²) in [5.41, 5.74) is 8.64. The Morgan fingerprint density at radius 3 is 2.31 bits per heavy atom. The number of nitrogens with two attached hydrogens (primary N) is 1. The molecular formula is C24H34ClN3O. The van der Waals surface area contributed by atoms with Gasteiger partial charge in [0.15, 0.2) is 5.78 Å². The van der Waals surface area contributed by atoms with Crippen molar-refractivity contribution in [2.24, 2.45) is 11.7 Å². The Labute approximate surface area is 180 Å². The van der Waals surface area contributed by atoms with Crippen LogP contribution in [0, 0.1) is 19.8 Å². The third kappa shape index (κ3) is 7.71. The molecule has 0 aliphatic heterocycles. The fourth-order valence-corrected chi connectivity index (χ4v) is 3.46. The monoisotopic (exact) mass is 415 g/mol. The van der Waals surface area contributed by atoms with E-state index in [2.05, 4.69) is 16.9 Å². The number of hydrogen-bond acceptors (Lipinski definition) is 4. The molecule has 4 nitrogen and oxygen atoms in total. The second-order valence-corrected chi connectivity index (χ2v) is 7.98. The molecule has 1 saturated carbocycles. The average molecular weight is 416 g/mol. The van der Waals surface area contributed by atoms with E-state index in [1.807, 2.05) is 32.0 Å². The predicted octanol–water partition coefficient (Wildman–Crippen LogP) is 6.04. The number of carbonyl (C=O) groups excluding carboxylic acids is 1. The van der Waals surface area contributed by atoms with Crippen LogP contribution in [-0.4, -0.2) is 21.8 Å². The van der Waals surface area contributed by atoms with Gasteiger partial charge in [0.25, 0.3) is 0 Å². The maximum atomic E-state index is 11.9. The standard InChI is InChI=1S/C16H15ClN2O.C7H15N.CH4/c1-10-13(9-18-12(3)19-10)8-15(11(2)20)14-6-4-5-7-16(14)17;1-6-2-4-7(8)5-3-6;/h4-9H,1-3H3;6-7H,2-5,8H2,1H3;1H4/b15-8+;;. The van der Waals surface area contributed by atoms with Gasteiger partial charge in [-0.25, -0.2) is 9.97 Å². The molecule has 2 aromatic rings. The fraction of sp³-hybridized carbons (Fsp3) is 0.458. The molecule has 29 heavy (non-hydrogen) atoms. The molecule has 0 radical (unpaired) electrons. The van der Waals surface area contributed by atoms with Crippen molar-refractivity contribution in [3.05, 3.63) is 58.1 Å². The molecule has 3 rings (SSSR count). The SMILES string of the molecule is C.CC(=O)/C(=C\c1cnc(C)nc1C)c1ccccc1Cl.CC1CCC(N)CC1. The first-order valence-electron chi connectivity index (χ1n) is 9.81. The van der Waals surface area contributed by atoms with Gasteiger partial charge in [-0.1, -0.05) is 44.2 Å². The van der Waals surface area contributed by atoms with Crippen molar-refractivity contribution in [2.45, 2.75) is 66.8 Å². The molecule has 158 valence electrons. The number of ketones is 1. The molecule has 5 heteroatoms. The molecule has 2 N–H and O–H groups in total. The summed E-state index contributed by atoms with van der Waals surface area (Å²) >= 11 is 6.17. The van der Waals surface area contributed by atoms with E-state index in [4.69, 9.17) is 17.3 Å². The first-order chi connectivity index (χ1) is 13.3. The number of rotatable bonds is 3. The first kappa shape index (κ1) is 25.0. The van der Waals surface area contributed by atoms with Crippen molar-refractivity contribution in [1.82, 2.24) is 9.97 Å². The summed E-state index contributed by atoms with van der Waals surface area (Å²) in [5.74, 6) is 1.61. The van der Waals surface area contributed by atoms with E-state index in [-0.39, 0.29) is 13.2 Å². The molecule has 0 unspecified atom stereocenters. The topological polar surface area (TPSA) is 68.9 Å². The first-order valence-corrected chi connectivity index (χ1v) is 10.2. The lowest BCUT2D eigenvalue weighted by atomic mass is 9.88. The molecule has 0 atom stereocenters. The largest absolute Gasteiger partial charge is 0.328 e. The zero-order valence-electron chi connectivity index (χ0n) is 17.2. The van der Waals surface area contributed by atoms with Gasteiger partial charge in [0.2, 0.25) is 0 Å². The normalized spacial score (nSPS) is 18.9. The van der Waals surface area contributed by atoms with Crippen LogP contribution < -0.4 is 5.73 Å². The van der Waals surface area contributed by atoms with Gasteiger partial charge in [-0.2, -0.15) is 0 Å². The molecule has 1 aromatic heterocycles. The average Bonchev–Trinajstić information content (AvgIpc) is 2.65. The Morgan fingerprint density at radius 1 is 1.17 bits per heavy atom. The highest BCUT2D eigenvalue weighted by Crippen LogP contribution is 2.26. The van der Waals surface area contributed by atoms with Crippen molar-refractivity contribution in [2.75, 3.05) is 0 Å². The van der Waals surface area contributed by atoms with Crippen molar-refractivity contribution in [1.29, 1.82) is 0 Å². The third-order valence-electron chi connectivity index (χ3n) is 5.04. The molecule has 0 saturated heterocycles. The van der Waals surface area contributed by atoms with E-state index in [9.17, 15) is 4.79 Å². The Bertz CT molecular complexity index is 830. The number of hydrogen-bond donors (Lipinski definition) is 1. The molecule has 1 heterocycles. The van der Waals surface area contributed by atoms with Crippen molar-refractivity contribution < 1.29 is 4.79 Å². The summed E-state index contributed by atoms with van der Waals surface area (Å²) in [6, 6.07) is 7.82. The van der Waals surface area contributed by atoms with Crippen LogP contribution in [0.4, 0.5) is 0 Å². The molecule has 1 aliphatic carbocycles. The highest BCUT2D eigenvalue weighted by Gasteiger charge is 2.13. The van der Waals surface area contributed by atoms with E-state index < -0.39 is 0 Å². The number of Topliss-reactive ketones (excluding diaryl/α,β-unsaturated/α-hetero) is 1. The van der Waals surface area contributed by atoms with Crippen LogP contribution in [0.15, 0.2) is 30.5 Å². The molecule has 1 aliphatic rings. The highest BCUT2D eigenvalue weighted by atomic mass is 35.5. The number of carbonyl (C=O) groups is 1. The van der Waals surface area contributed by atoms with Crippen LogP contribution in [0.25, 0.3) is 11.6 Å². The van der Waals surface area contributed by atoms with E-state index in [0.29, 0.717) is 22.5 Å². The lowest BCUT2D eigenvalue weighted by molar-refractivity contribution is -0.111. The summed E-state index contributed by atoms with van der Waals surface area (Å²) in [7, 11) is 0. The van der Waals surface area contributed by atoms with Gasteiger partial charge in [0, 0.05) is 39.7 Å². The Hall–Kier alpha value is -2.04. The van der Waals surface area contributed by atoms with Crippen molar-refractivity contribution in [3.8, 4) is 0 Å². The highest BCUT2D eigenvalue weighted by molar-refractivity contribution is 6.36. The Morgan fingerprint density at radius 2 is 1.79 bits per heavy atom. The molecule has 0 bridgehead atoms. The van der Waals surface area contributed by atoms with Gasteiger partial charge >= 0.3 is 0 Å². The zero-order chi connectivity index (χ0) is 20.7. The quantitative estimate of drug-likeness (QED) is 0.620. The van der Waals surface area contributed by atoms with Crippen LogP contribution >= 0.6 is 11.6 Å². The lowest BCUT2D eigenvalue weighted by Gasteiger charge is -2.22. The summed E-state index contributed by atoms with van der Waals surface area (Å²) in [6.07, 6.45) is 8.71. The van der Waals surface area contributed by atoms with Gasteiger partial charge in [-0.3, -0.25) is 4.79 Å². The number of aromatic nitrogens is 2. The lowest BCUT2D eigenvalue weighted by Crippen LogP contribution is -2.25. The Balaban J connectivity index is 0.000000394. The molecule has 0 amide bonds. The minimum Gasteiger partial charge on any atom is -0.328 e. The van der Waals surface area contributed by atoms with Crippen LogP contribution in [0.1, 0.15) is 69.6 Å². The van der Waals surface area contributed by atoms with Gasteiger partial charge < -0.3 is 5.73 Å². The van der Waals surface area contributed by atoms with Crippen LogP contribution in [0.2, 0.25) is 5.02 Å². The fourth-order valence-electron chi connectivity index (χ4n) is 3.22. The second-order valence-electron chi connectivity index (χ2n) is 7.57. The summed E-state index contributed by atoms with van der Waals surface area (Å²) in [4.78, 5) is 20.4. The summed E-state index contributed by atoms with van der Waals surface area (Å²) in [6.45, 7) is 7.57. The number of halogens is 1. The van der Waals surface area contributed by atoms with Crippen LogP contribution in [-0.2, 0) is 4.79 Å². The minimum atomic E-state index is -0.0434. The predicted molar refractivity (Wildman–Crippen MR) is 124 cm³/mol. The van der Waals surface area contributed by atoms with E-state index >= 15 is 0 Å². The van der Waals surface area contributed by atoms with Gasteiger partial charge in [0.05, 0.1) is 0 Å². The molecular weight excluding hydrogens is 382 g/mol.